The van der Waals surface area contributed by atoms with Crippen LogP contribution in [0.4, 0.5) is 4.39 Å². The summed E-state index contributed by atoms with van der Waals surface area (Å²) in [5.74, 6) is -0.719. The van der Waals surface area contributed by atoms with Crippen LogP contribution < -0.4 is 0 Å². The van der Waals surface area contributed by atoms with Crippen molar-refractivity contribution in [3.05, 3.63) is 34.6 Å². The van der Waals surface area contributed by atoms with Crippen LogP contribution in [0.5, 0.6) is 0 Å². The molecule has 18 heavy (non-hydrogen) atoms. The third-order valence-corrected chi connectivity index (χ3v) is 3.41. The molecule has 3 nitrogen and oxygen atoms in total. The Labute approximate surface area is 110 Å². The third kappa shape index (κ3) is 2.88. The van der Waals surface area contributed by atoms with Gasteiger partial charge >= 0.3 is 0 Å². The average molecular weight is 272 g/mol. The first-order chi connectivity index (χ1) is 8.61. The van der Waals surface area contributed by atoms with Crippen molar-refractivity contribution in [2.24, 2.45) is 0 Å². The molecular weight excluding hydrogens is 257 g/mol. The van der Waals surface area contributed by atoms with Crippen LogP contribution in [0, 0.1) is 5.82 Å². The highest BCUT2D eigenvalue weighted by atomic mass is 35.5. The third-order valence-electron chi connectivity index (χ3n) is 3.08. The Morgan fingerprint density at radius 2 is 2.39 bits per heavy atom. The van der Waals surface area contributed by atoms with Crippen molar-refractivity contribution in [3.63, 3.8) is 0 Å². The topological polar surface area (TPSA) is 29.5 Å². The molecule has 1 heterocycles. The van der Waals surface area contributed by atoms with Gasteiger partial charge in [-0.1, -0.05) is 18.5 Å². The number of benzene rings is 1. The summed E-state index contributed by atoms with van der Waals surface area (Å²) in [6, 6.07) is 3.79. The second-order valence-electron chi connectivity index (χ2n) is 4.24. The summed E-state index contributed by atoms with van der Waals surface area (Å²) < 4.78 is 18.6. The second kappa shape index (κ2) is 5.78. The van der Waals surface area contributed by atoms with E-state index in [4.69, 9.17) is 16.3 Å². The first-order valence-corrected chi connectivity index (χ1v) is 6.33. The van der Waals surface area contributed by atoms with Gasteiger partial charge in [-0.25, -0.2) is 4.39 Å². The van der Waals surface area contributed by atoms with E-state index < -0.39 is 11.9 Å². The number of hydrogen-bond donors (Lipinski definition) is 0. The van der Waals surface area contributed by atoms with E-state index in [1.54, 1.807) is 0 Å². The van der Waals surface area contributed by atoms with E-state index in [-0.39, 0.29) is 16.4 Å². The summed E-state index contributed by atoms with van der Waals surface area (Å²) in [5.41, 5.74) is 0.194. The summed E-state index contributed by atoms with van der Waals surface area (Å²) in [4.78, 5) is 14.4. The lowest BCUT2D eigenvalue weighted by Crippen LogP contribution is -2.45. The zero-order chi connectivity index (χ0) is 13.1. The lowest BCUT2D eigenvalue weighted by atomic mass is 10.0. The molecule has 0 saturated carbocycles. The standard InChI is InChI=1S/C13H15ClFNO2/c1-2-16-5-6-18-12(8-16)13(17)10-7-9(15)3-4-11(10)14/h3-4,7,12H,2,5-6,8H2,1H3. The molecule has 2 rings (SSSR count). The number of hydrogen-bond acceptors (Lipinski definition) is 3. The predicted molar refractivity (Wildman–Crippen MR) is 67.6 cm³/mol. The van der Waals surface area contributed by atoms with E-state index in [2.05, 4.69) is 4.90 Å². The number of likely N-dealkylation sites (N-methyl/N-ethyl adjacent to an activating group) is 1. The molecule has 1 aromatic carbocycles. The minimum absolute atomic E-state index is 0.194. The maximum atomic E-state index is 13.2. The van der Waals surface area contributed by atoms with Gasteiger partial charge in [-0.15, -0.1) is 0 Å². The number of ether oxygens (including phenoxy) is 1. The van der Waals surface area contributed by atoms with Crippen molar-refractivity contribution in [2.75, 3.05) is 26.2 Å². The monoisotopic (exact) mass is 271 g/mol. The Morgan fingerprint density at radius 3 is 3.11 bits per heavy atom. The number of nitrogens with zero attached hydrogens (tertiary/aromatic N) is 1. The van der Waals surface area contributed by atoms with Gasteiger partial charge in [0, 0.05) is 18.7 Å². The van der Waals surface area contributed by atoms with Crippen molar-refractivity contribution >= 4 is 17.4 Å². The van der Waals surface area contributed by atoms with Gasteiger partial charge in [0.05, 0.1) is 11.6 Å². The number of carbonyl (C=O) groups is 1. The predicted octanol–water partition coefficient (Wildman–Crippen LogP) is 2.38. The quantitative estimate of drug-likeness (QED) is 0.791. The van der Waals surface area contributed by atoms with E-state index in [0.29, 0.717) is 13.2 Å². The molecular formula is C13H15ClFNO2. The van der Waals surface area contributed by atoms with E-state index >= 15 is 0 Å². The summed E-state index contributed by atoms with van der Waals surface area (Å²) in [5, 5.41) is 0.263. The number of carbonyl (C=O) groups excluding carboxylic acids is 1. The molecule has 0 radical (unpaired) electrons. The first kappa shape index (κ1) is 13.5. The first-order valence-electron chi connectivity index (χ1n) is 5.95. The van der Waals surface area contributed by atoms with Gasteiger partial charge < -0.3 is 4.74 Å². The molecule has 1 fully saturated rings. The SMILES string of the molecule is CCN1CCOC(C(=O)c2cc(F)ccc2Cl)C1. The molecule has 0 N–H and O–H groups in total. The highest BCUT2D eigenvalue weighted by Gasteiger charge is 2.28. The van der Waals surface area contributed by atoms with Gasteiger partial charge in [0.25, 0.3) is 0 Å². The molecule has 1 saturated heterocycles. The van der Waals surface area contributed by atoms with E-state index in [1.807, 2.05) is 6.92 Å². The fourth-order valence-electron chi connectivity index (χ4n) is 2.01. The minimum Gasteiger partial charge on any atom is -0.367 e. The largest absolute Gasteiger partial charge is 0.367 e. The molecule has 1 aliphatic rings. The highest BCUT2D eigenvalue weighted by molar-refractivity contribution is 6.34. The van der Waals surface area contributed by atoms with Crippen LogP contribution >= 0.6 is 11.6 Å². The van der Waals surface area contributed by atoms with Crippen molar-refractivity contribution < 1.29 is 13.9 Å². The number of rotatable bonds is 3. The van der Waals surface area contributed by atoms with Crippen molar-refractivity contribution in [1.82, 2.24) is 4.90 Å². The summed E-state index contributed by atoms with van der Waals surface area (Å²) in [7, 11) is 0. The summed E-state index contributed by atoms with van der Waals surface area (Å²) >= 11 is 5.92. The van der Waals surface area contributed by atoms with Gasteiger partial charge in [0.2, 0.25) is 0 Å². The summed E-state index contributed by atoms with van der Waals surface area (Å²) in [6.45, 7) is 4.75. The Balaban J connectivity index is 2.17. The number of Topliss-reactive ketones (excluding diaryl/α,β-unsaturated/α-hetero) is 1. The molecule has 1 aromatic rings. The molecule has 0 bridgehead atoms. The smallest absolute Gasteiger partial charge is 0.194 e. The van der Waals surface area contributed by atoms with Gasteiger partial charge in [-0.3, -0.25) is 9.69 Å². The molecule has 1 aliphatic heterocycles. The van der Waals surface area contributed by atoms with Gasteiger partial charge in [-0.05, 0) is 24.7 Å². The maximum Gasteiger partial charge on any atom is 0.194 e. The maximum absolute atomic E-state index is 13.2. The summed E-state index contributed by atoms with van der Waals surface area (Å²) in [6.07, 6.45) is -0.557. The molecule has 0 aliphatic carbocycles. The lowest BCUT2D eigenvalue weighted by Gasteiger charge is -2.31. The number of halogens is 2. The van der Waals surface area contributed by atoms with Crippen LogP contribution in [0.15, 0.2) is 18.2 Å². The Morgan fingerprint density at radius 1 is 1.61 bits per heavy atom. The molecule has 1 unspecified atom stereocenters. The molecule has 0 aromatic heterocycles. The molecule has 98 valence electrons. The van der Waals surface area contributed by atoms with Gasteiger partial charge in [0.1, 0.15) is 11.9 Å². The Kier molecular flexibility index (Phi) is 4.32. The van der Waals surface area contributed by atoms with Crippen LogP contribution in [0.3, 0.4) is 0 Å². The molecule has 0 amide bonds. The van der Waals surface area contributed by atoms with Crippen LogP contribution in [-0.4, -0.2) is 43.0 Å². The van der Waals surface area contributed by atoms with Crippen molar-refractivity contribution in [3.8, 4) is 0 Å². The van der Waals surface area contributed by atoms with Gasteiger partial charge in [0.15, 0.2) is 5.78 Å². The lowest BCUT2D eigenvalue weighted by molar-refractivity contribution is -0.0148. The zero-order valence-corrected chi connectivity index (χ0v) is 10.9. The van der Waals surface area contributed by atoms with Crippen LogP contribution in [0.2, 0.25) is 5.02 Å². The normalized spacial score (nSPS) is 20.9. The van der Waals surface area contributed by atoms with Crippen LogP contribution in [0.1, 0.15) is 17.3 Å². The Bertz CT molecular complexity index is 453. The molecule has 1 atom stereocenters. The van der Waals surface area contributed by atoms with Crippen molar-refractivity contribution in [2.45, 2.75) is 13.0 Å². The number of morpholine rings is 1. The van der Waals surface area contributed by atoms with E-state index in [0.717, 1.165) is 13.1 Å². The van der Waals surface area contributed by atoms with Crippen LogP contribution in [0.25, 0.3) is 0 Å². The van der Waals surface area contributed by atoms with Crippen molar-refractivity contribution in [1.29, 1.82) is 0 Å². The van der Waals surface area contributed by atoms with E-state index in [1.165, 1.54) is 18.2 Å². The highest BCUT2D eigenvalue weighted by Crippen LogP contribution is 2.21. The minimum atomic E-state index is -0.557. The fourth-order valence-corrected chi connectivity index (χ4v) is 2.22. The van der Waals surface area contributed by atoms with E-state index in [9.17, 15) is 9.18 Å². The van der Waals surface area contributed by atoms with Crippen LogP contribution in [-0.2, 0) is 4.74 Å². The Hall–Kier alpha value is -0.970. The average Bonchev–Trinajstić information content (AvgIpc) is 2.41. The number of ketones is 1. The fraction of sp³-hybridized carbons (Fsp3) is 0.462. The molecule has 0 spiro atoms. The molecule has 5 heteroatoms. The zero-order valence-electron chi connectivity index (χ0n) is 10.2. The second-order valence-corrected chi connectivity index (χ2v) is 4.65. The van der Waals surface area contributed by atoms with Gasteiger partial charge in [-0.2, -0.15) is 0 Å².